The van der Waals surface area contributed by atoms with Gasteiger partial charge in [0.25, 0.3) is 0 Å². The van der Waals surface area contributed by atoms with Crippen molar-refractivity contribution in [2.24, 2.45) is 0 Å². The van der Waals surface area contributed by atoms with Gasteiger partial charge < -0.3 is 10.4 Å². The van der Waals surface area contributed by atoms with Crippen LogP contribution in [0.1, 0.15) is 16.7 Å². The summed E-state index contributed by atoms with van der Waals surface area (Å²) >= 11 is 0. The predicted octanol–water partition coefficient (Wildman–Crippen LogP) is 2.76. The summed E-state index contributed by atoms with van der Waals surface area (Å²) in [6.45, 7) is 0. The lowest BCUT2D eigenvalue weighted by Gasteiger charge is -2.12. The van der Waals surface area contributed by atoms with E-state index in [-0.39, 0.29) is 0 Å². The molecule has 0 spiro atoms. The molecule has 1 aliphatic rings. The molecular formula is C17H16N2O2. The zero-order valence-corrected chi connectivity index (χ0v) is 11.5. The standard InChI is InChI=1S/C17H16N2O2/c20-17(21)8-6-12-5-7-16(18-11-12)19-15-9-13-3-1-2-4-14(13)10-15/h1-8,11,15H,9-10H2,(H,18,19)(H,20,21)/b8-6+. The van der Waals surface area contributed by atoms with Gasteiger partial charge in [0.2, 0.25) is 0 Å². The fourth-order valence-electron chi connectivity index (χ4n) is 2.63. The Hall–Kier alpha value is -2.62. The number of aromatic nitrogens is 1. The highest BCUT2D eigenvalue weighted by Gasteiger charge is 2.20. The summed E-state index contributed by atoms with van der Waals surface area (Å²) in [6.07, 6.45) is 6.34. The first-order valence-corrected chi connectivity index (χ1v) is 6.91. The molecule has 0 saturated heterocycles. The zero-order valence-electron chi connectivity index (χ0n) is 11.5. The largest absolute Gasteiger partial charge is 0.478 e. The molecule has 0 unspecified atom stereocenters. The van der Waals surface area contributed by atoms with E-state index in [1.807, 2.05) is 12.1 Å². The lowest BCUT2D eigenvalue weighted by atomic mass is 10.1. The molecule has 4 nitrogen and oxygen atoms in total. The average molecular weight is 280 g/mol. The van der Waals surface area contributed by atoms with Gasteiger partial charge in [0.05, 0.1) is 0 Å². The van der Waals surface area contributed by atoms with Crippen molar-refractivity contribution >= 4 is 17.9 Å². The summed E-state index contributed by atoms with van der Waals surface area (Å²) in [5.41, 5.74) is 3.57. The van der Waals surface area contributed by atoms with E-state index in [1.54, 1.807) is 6.20 Å². The molecule has 0 bridgehead atoms. The molecule has 2 aromatic rings. The monoisotopic (exact) mass is 280 g/mol. The molecular weight excluding hydrogens is 264 g/mol. The van der Waals surface area contributed by atoms with Crippen LogP contribution in [0.4, 0.5) is 5.82 Å². The quantitative estimate of drug-likeness (QED) is 0.845. The number of hydrogen-bond donors (Lipinski definition) is 2. The van der Waals surface area contributed by atoms with E-state index in [0.29, 0.717) is 6.04 Å². The number of pyridine rings is 1. The summed E-state index contributed by atoms with van der Waals surface area (Å²) in [5, 5.41) is 12.0. The Kier molecular flexibility index (Phi) is 3.69. The third-order valence-electron chi connectivity index (χ3n) is 3.61. The highest BCUT2D eigenvalue weighted by Crippen LogP contribution is 2.23. The highest BCUT2D eigenvalue weighted by atomic mass is 16.4. The number of hydrogen-bond acceptors (Lipinski definition) is 3. The van der Waals surface area contributed by atoms with Crippen molar-refractivity contribution in [3.05, 3.63) is 65.4 Å². The second-order valence-corrected chi connectivity index (χ2v) is 5.17. The van der Waals surface area contributed by atoms with Crippen LogP contribution in [0.5, 0.6) is 0 Å². The van der Waals surface area contributed by atoms with Crippen molar-refractivity contribution in [3.8, 4) is 0 Å². The maximum absolute atomic E-state index is 10.5. The third-order valence-corrected chi connectivity index (χ3v) is 3.61. The molecule has 0 amide bonds. The molecule has 1 aromatic heterocycles. The van der Waals surface area contributed by atoms with Crippen LogP contribution in [0.2, 0.25) is 0 Å². The second kappa shape index (κ2) is 5.79. The lowest BCUT2D eigenvalue weighted by molar-refractivity contribution is -0.131. The first-order valence-electron chi connectivity index (χ1n) is 6.91. The Morgan fingerprint density at radius 1 is 1.19 bits per heavy atom. The van der Waals surface area contributed by atoms with E-state index in [1.165, 1.54) is 17.2 Å². The third kappa shape index (κ3) is 3.28. The number of aliphatic carboxylic acids is 1. The van der Waals surface area contributed by atoms with Crippen molar-refractivity contribution in [1.29, 1.82) is 0 Å². The summed E-state index contributed by atoms with van der Waals surface area (Å²) < 4.78 is 0. The van der Waals surface area contributed by atoms with E-state index in [4.69, 9.17) is 5.11 Å². The minimum Gasteiger partial charge on any atom is -0.478 e. The van der Waals surface area contributed by atoms with Crippen LogP contribution in [-0.4, -0.2) is 22.1 Å². The molecule has 106 valence electrons. The van der Waals surface area contributed by atoms with E-state index in [2.05, 4.69) is 34.6 Å². The number of anilines is 1. The molecule has 0 fully saturated rings. The van der Waals surface area contributed by atoms with Crippen molar-refractivity contribution in [1.82, 2.24) is 4.98 Å². The summed E-state index contributed by atoms with van der Waals surface area (Å²) in [6, 6.07) is 12.6. The van der Waals surface area contributed by atoms with Crippen LogP contribution in [0.15, 0.2) is 48.7 Å². The van der Waals surface area contributed by atoms with Crippen molar-refractivity contribution in [2.45, 2.75) is 18.9 Å². The van der Waals surface area contributed by atoms with Gasteiger partial charge in [-0.05, 0) is 47.7 Å². The van der Waals surface area contributed by atoms with Gasteiger partial charge >= 0.3 is 5.97 Å². The Morgan fingerprint density at radius 2 is 1.90 bits per heavy atom. The molecule has 1 aromatic carbocycles. The SMILES string of the molecule is O=C(O)/C=C/c1ccc(NC2Cc3ccccc3C2)nc1. The van der Waals surface area contributed by atoms with E-state index < -0.39 is 5.97 Å². The van der Waals surface area contributed by atoms with E-state index in [9.17, 15) is 4.79 Å². The van der Waals surface area contributed by atoms with Gasteiger partial charge in [0, 0.05) is 18.3 Å². The predicted molar refractivity (Wildman–Crippen MR) is 82.2 cm³/mol. The van der Waals surface area contributed by atoms with E-state index >= 15 is 0 Å². The Morgan fingerprint density at radius 3 is 2.48 bits per heavy atom. The van der Waals surface area contributed by atoms with Crippen LogP contribution >= 0.6 is 0 Å². The molecule has 0 atom stereocenters. The minimum atomic E-state index is -0.957. The van der Waals surface area contributed by atoms with Gasteiger partial charge in [-0.1, -0.05) is 24.3 Å². The van der Waals surface area contributed by atoms with Crippen molar-refractivity contribution in [3.63, 3.8) is 0 Å². The first kappa shape index (κ1) is 13.4. The fraction of sp³-hybridized carbons (Fsp3) is 0.176. The van der Waals surface area contributed by atoms with Crippen LogP contribution in [0.25, 0.3) is 6.08 Å². The van der Waals surface area contributed by atoms with Crippen LogP contribution in [0, 0.1) is 0 Å². The molecule has 4 heteroatoms. The second-order valence-electron chi connectivity index (χ2n) is 5.17. The van der Waals surface area contributed by atoms with Gasteiger partial charge in [-0.3, -0.25) is 0 Å². The van der Waals surface area contributed by atoms with Gasteiger partial charge in [0.15, 0.2) is 0 Å². The van der Waals surface area contributed by atoms with Gasteiger partial charge in [-0.25, -0.2) is 9.78 Å². The van der Waals surface area contributed by atoms with Gasteiger partial charge in [0.1, 0.15) is 5.82 Å². The summed E-state index contributed by atoms with van der Waals surface area (Å²) in [7, 11) is 0. The number of rotatable bonds is 4. The summed E-state index contributed by atoms with van der Waals surface area (Å²) in [5.74, 6) is -0.138. The van der Waals surface area contributed by atoms with Crippen LogP contribution in [0.3, 0.4) is 0 Å². The molecule has 0 radical (unpaired) electrons. The number of carbonyl (C=O) groups is 1. The minimum absolute atomic E-state index is 0.371. The van der Waals surface area contributed by atoms with E-state index in [0.717, 1.165) is 30.3 Å². The number of nitrogens with one attached hydrogen (secondary N) is 1. The van der Waals surface area contributed by atoms with Crippen molar-refractivity contribution < 1.29 is 9.90 Å². The topological polar surface area (TPSA) is 62.2 Å². The first-order chi connectivity index (χ1) is 10.2. The maximum Gasteiger partial charge on any atom is 0.328 e. The normalized spacial score (nSPS) is 14.3. The smallest absolute Gasteiger partial charge is 0.328 e. The average Bonchev–Trinajstić information content (AvgIpc) is 2.88. The van der Waals surface area contributed by atoms with Crippen LogP contribution < -0.4 is 5.32 Å². The van der Waals surface area contributed by atoms with Gasteiger partial charge in [-0.2, -0.15) is 0 Å². The number of fused-ring (bicyclic) bond motifs is 1. The van der Waals surface area contributed by atoms with Crippen molar-refractivity contribution in [2.75, 3.05) is 5.32 Å². The molecule has 3 rings (SSSR count). The molecule has 2 N–H and O–H groups in total. The molecule has 1 heterocycles. The molecule has 1 aliphatic carbocycles. The highest BCUT2D eigenvalue weighted by molar-refractivity contribution is 5.85. The Bertz CT molecular complexity index is 652. The number of carboxylic acids is 1. The molecule has 0 aliphatic heterocycles. The zero-order chi connectivity index (χ0) is 14.7. The number of benzene rings is 1. The molecule has 21 heavy (non-hydrogen) atoms. The number of carboxylic acid groups (broad SMARTS) is 1. The molecule has 0 saturated carbocycles. The van der Waals surface area contributed by atoms with Gasteiger partial charge in [-0.15, -0.1) is 0 Å². The Labute approximate surface area is 123 Å². The fourth-order valence-corrected chi connectivity index (χ4v) is 2.63. The maximum atomic E-state index is 10.5. The van der Waals surface area contributed by atoms with Crippen LogP contribution in [-0.2, 0) is 17.6 Å². The summed E-state index contributed by atoms with van der Waals surface area (Å²) in [4.78, 5) is 14.8. The number of nitrogens with zero attached hydrogens (tertiary/aromatic N) is 1. The lowest BCUT2D eigenvalue weighted by Crippen LogP contribution is -2.20. The Balaban J connectivity index is 1.63.